The van der Waals surface area contributed by atoms with E-state index in [1.165, 1.54) is 44.9 Å². The molecule has 0 fully saturated rings. The van der Waals surface area contributed by atoms with Crippen molar-refractivity contribution < 1.29 is 0 Å². The molecule has 1 aliphatic rings. The zero-order chi connectivity index (χ0) is 9.36. The molecule has 0 heterocycles. The normalized spacial score (nSPS) is 27.2. The predicted octanol–water partition coefficient (Wildman–Crippen LogP) is 4.48. The van der Waals surface area contributed by atoms with Gasteiger partial charge < -0.3 is 0 Å². The Bertz CT molecular complexity index is 147. The van der Waals surface area contributed by atoms with Crippen LogP contribution >= 0.6 is 0 Å². The SMILES string of the molecule is CC1C/C=C/CCCCC/C=C/C1. The molecule has 0 amide bonds. The molecule has 0 spiro atoms. The van der Waals surface area contributed by atoms with Crippen LogP contribution in [-0.2, 0) is 0 Å². The van der Waals surface area contributed by atoms with Gasteiger partial charge in [-0.2, -0.15) is 0 Å². The van der Waals surface area contributed by atoms with Gasteiger partial charge in [-0.25, -0.2) is 0 Å². The molecule has 0 aromatic heterocycles. The molecule has 0 unspecified atom stereocenters. The van der Waals surface area contributed by atoms with Gasteiger partial charge in [0.15, 0.2) is 0 Å². The van der Waals surface area contributed by atoms with E-state index in [2.05, 4.69) is 31.2 Å². The van der Waals surface area contributed by atoms with E-state index in [0.29, 0.717) is 0 Å². The van der Waals surface area contributed by atoms with Gasteiger partial charge >= 0.3 is 0 Å². The van der Waals surface area contributed by atoms with Crippen molar-refractivity contribution in [3.63, 3.8) is 0 Å². The molecule has 0 atom stereocenters. The van der Waals surface area contributed by atoms with Crippen LogP contribution in [0, 0.1) is 5.92 Å². The first-order valence-electron chi connectivity index (χ1n) is 5.69. The summed E-state index contributed by atoms with van der Waals surface area (Å²) in [5.41, 5.74) is 0. The lowest BCUT2D eigenvalue weighted by molar-refractivity contribution is 0.596. The van der Waals surface area contributed by atoms with E-state index in [4.69, 9.17) is 0 Å². The molecular weight excluding hydrogens is 156 g/mol. The van der Waals surface area contributed by atoms with Crippen molar-refractivity contribution in [1.29, 1.82) is 0 Å². The Morgan fingerprint density at radius 1 is 0.769 bits per heavy atom. The lowest BCUT2D eigenvalue weighted by Gasteiger charge is -2.05. The minimum Gasteiger partial charge on any atom is -0.0885 e. The smallest absolute Gasteiger partial charge is 0.0322 e. The topological polar surface area (TPSA) is 0 Å². The first-order chi connectivity index (χ1) is 6.39. The third-order valence-electron chi connectivity index (χ3n) is 2.65. The van der Waals surface area contributed by atoms with Crippen LogP contribution in [0.2, 0.25) is 0 Å². The summed E-state index contributed by atoms with van der Waals surface area (Å²) < 4.78 is 0. The van der Waals surface area contributed by atoms with Crippen molar-refractivity contribution in [2.75, 3.05) is 0 Å². The molecule has 0 aliphatic heterocycles. The Morgan fingerprint density at radius 2 is 1.31 bits per heavy atom. The van der Waals surface area contributed by atoms with Crippen LogP contribution in [-0.4, -0.2) is 0 Å². The maximum atomic E-state index is 2.36. The van der Waals surface area contributed by atoms with E-state index in [0.717, 1.165) is 5.92 Å². The second kappa shape index (κ2) is 6.94. The summed E-state index contributed by atoms with van der Waals surface area (Å²) in [6, 6.07) is 0. The monoisotopic (exact) mass is 178 g/mol. The summed E-state index contributed by atoms with van der Waals surface area (Å²) in [6.45, 7) is 2.33. The fourth-order valence-corrected chi connectivity index (χ4v) is 1.69. The zero-order valence-corrected chi connectivity index (χ0v) is 8.84. The van der Waals surface area contributed by atoms with Crippen molar-refractivity contribution in [2.24, 2.45) is 5.92 Å². The van der Waals surface area contributed by atoms with Crippen LogP contribution in [0.4, 0.5) is 0 Å². The molecule has 13 heavy (non-hydrogen) atoms. The van der Waals surface area contributed by atoms with Gasteiger partial charge in [0.1, 0.15) is 0 Å². The number of rotatable bonds is 0. The number of hydrogen-bond acceptors (Lipinski definition) is 0. The average molecular weight is 178 g/mol. The summed E-state index contributed by atoms with van der Waals surface area (Å²) in [5.74, 6) is 0.826. The van der Waals surface area contributed by atoms with Crippen LogP contribution < -0.4 is 0 Å². The Hall–Kier alpha value is -0.520. The van der Waals surface area contributed by atoms with Crippen molar-refractivity contribution in [3.05, 3.63) is 24.3 Å². The van der Waals surface area contributed by atoms with Gasteiger partial charge in [0.05, 0.1) is 0 Å². The van der Waals surface area contributed by atoms with E-state index >= 15 is 0 Å². The second-order valence-corrected chi connectivity index (χ2v) is 4.16. The highest BCUT2D eigenvalue weighted by Crippen LogP contribution is 2.12. The molecule has 0 aromatic rings. The van der Waals surface area contributed by atoms with Gasteiger partial charge in [0.25, 0.3) is 0 Å². The van der Waals surface area contributed by atoms with Gasteiger partial charge in [-0.3, -0.25) is 0 Å². The van der Waals surface area contributed by atoms with Crippen molar-refractivity contribution >= 4 is 0 Å². The molecule has 0 saturated carbocycles. The maximum Gasteiger partial charge on any atom is -0.0322 e. The van der Waals surface area contributed by atoms with Gasteiger partial charge in [-0.1, -0.05) is 37.6 Å². The Balaban J connectivity index is 2.30. The molecule has 1 aliphatic carbocycles. The lowest BCUT2D eigenvalue weighted by Crippen LogP contribution is -1.90. The van der Waals surface area contributed by atoms with E-state index in [9.17, 15) is 0 Å². The molecule has 74 valence electrons. The molecule has 0 radical (unpaired) electrons. The van der Waals surface area contributed by atoms with Crippen molar-refractivity contribution in [1.82, 2.24) is 0 Å². The summed E-state index contributed by atoms with van der Waals surface area (Å²) in [4.78, 5) is 0. The summed E-state index contributed by atoms with van der Waals surface area (Å²) >= 11 is 0. The standard InChI is InChI=1S/C13H22/c1-13-11-9-7-5-3-2-4-6-8-10-12-13/h7-10,13H,2-6,11-12H2,1H3/b9-7+,10-8+. The molecule has 1 rings (SSSR count). The van der Waals surface area contributed by atoms with Crippen molar-refractivity contribution in [3.8, 4) is 0 Å². The van der Waals surface area contributed by atoms with Crippen LogP contribution in [0.15, 0.2) is 24.3 Å². The molecule has 0 saturated heterocycles. The minimum absolute atomic E-state index is 0.826. The lowest BCUT2D eigenvalue weighted by atomic mass is 10.0. The van der Waals surface area contributed by atoms with Crippen LogP contribution in [0.5, 0.6) is 0 Å². The van der Waals surface area contributed by atoms with E-state index in [-0.39, 0.29) is 0 Å². The Morgan fingerprint density at radius 3 is 1.85 bits per heavy atom. The number of allylic oxidation sites excluding steroid dienone is 4. The molecule has 0 nitrogen and oxygen atoms in total. The third-order valence-corrected chi connectivity index (χ3v) is 2.65. The molecule has 0 N–H and O–H groups in total. The highest BCUT2D eigenvalue weighted by Gasteiger charge is 1.96. The molecular formula is C13H22. The number of hydrogen-bond donors (Lipinski definition) is 0. The van der Waals surface area contributed by atoms with E-state index in [1.54, 1.807) is 0 Å². The van der Waals surface area contributed by atoms with E-state index in [1.807, 2.05) is 0 Å². The second-order valence-electron chi connectivity index (χ2n) is 4.16. The molecule has 0 bridgehead atoms. The zero-order valence-electron chi connectivity index (χ0n) is 8.84. The maximum absolute atomic E-state index is 2.36. The van der Waals surface area contributed by atoms with Crippen LogP contribution in [0.25, 0.3) is 0 Å². The van der Waals surface area contributed by atoms with E-state index < -0.39 is 0 Å². The van der Waals surface area contributed by atoms with Gasteiger partial charge in [-0.05, 0) is 44.4 Å². The Labute approximate surface area is 82.7 Å². The van der Waals surface area contributed by atoms with Crippen LogP contribution in [0.3, 0.4) is 0 Å². The Kier molecular flexibility index (Phi) is 5.64. The third kappa shape index (κ3) is 5.68. The fraction of sp³-hybridized carbons (Fsp3) is 0.692. The van der Waals surface area contributed by atoms with Crippen LogP contribution in [0.1, 0.15) is 51.9 Å². The summed E-state index contributed by atoms with van der Waals surface area (Å²) in [6.07, 6.45) is 18.7. The highest BCUT2D eigenvalue weighted by molar-refractivity contribution is 4.88. The average Bonchev–Trinajstić information content (AvgIpc) is 2.11. The van der Waals surface area contributed by atoms with Crippen molar-refractivity contribution in [2.45, 2.75) is 51.9 Å². The summed E-state index contributed by atoms with van der Waals surface area (Å²) in [5, 5.41) is 0. The quantitative estimate of drug-likeness (QED) is 0.480. The summed E-state index contributed by atoms with van der Waals surface area (Å²) in [7, 11) is 0. The fourth-order valence-electron chi connectivity index (χ4n) is 1.69. The van der Waals surface area contributed by atoms with Gasteiger partial charge in [-0.15, -0.1) is 0 Å². The highest BCUT2D eigenvalue weighted by atomic mass is 14.0. The first kappa shape index (κ1) is 10.6. The van der Waals surface area contributed by atoms with Gasteiger partial charge in [0, 0.05) is 0 Å². The predicted molar refractivity (Wildman–Crippen MR) is 59.8 cm³/mol. The van der Waals surface area contributed by atoms with Gasteiger partial charge in [0.2, 0.25) is 0 Å². The molecule has 0 heteroatoms. The largest absolute Gasteiger partial charge is 0.0885 e. The first-order valence-corrected chi connectivity index (χ1v) is 5.69. The minimum atomic E-state index is 0.826. The molecule has 0 aromatic carbocycles.